The first kappa shape index (κ1) is 18.5. The number of hydrogen-bond donors (Lipinski definition) is 2. The third-order valence-electron chi connectivity index (χ3n) is 5.13. The Morgan fingerprint density at radius 3 is 2.89 bits per heavy atom. The summed E-state index contributed by atoms with van der Waals surface area (Å²) >= 11 is 6.11. The Balaban J connectivity index is 1.51. The summed E-state index contributed by atoms with van der Waals surface area (Å²) in [6.07, 6.45) is 5.05. The zero-order chi connectivity index (χ0) is 19.5. The zero-order valence-corrected chi connectivity index (χ0v) is 16.4. The lowest BCUT2D eigenvalue weighted by molar-refractivity contribution is 0.188. The van der Waals surface area contributed by atoms with Crippen LogP contribution in [0.25, 0.3) is 11.3 Å². The number of carbonyl (C=O) groups excluding carboxylic acids is 1. The van der Waals surface area contributed by atoms with Gasteiger partial charge in [-0.2, -0.15) is 5.10 Å². The summed E-state index contributed by atoms with van der Waals surface area (Å²) in [7, 11) is 0. The molecule has 7 heteroatoms. The van der Waals surface area contributed by atoms with Crippen LogP contribution < -0.4 is 5.32 Å². The zero-order valence-electron chi connectivity index (χ0n) is 15.7. The highest BCUT2D eigenvalue weighted by Gasteiger charge is 2.27. The van der Waals surface area contributed by atoms with E-state index in [-0.39, 0.29) is 12.1 Å². The highest BCUT2D eigenvalue weighted by molar-refractivity contribution is 6.30. The maximum absolute atomic E-state index is 12.9. The second-order valence-corrected chi connectivity index (χ2v) is 7.34. The van der Waals surface area contributed by atoms with Gasteiger partial charge in [-0.3, -0.25) is 10.1 Å². The molecule has 1 aliphatic heterocycles. The monoisotopic (exact) mass is 395 g/mol. The summed E-state index contributed by atoms with van der Waals surface area (Å²) in [5, 5.41) is 11.4. The van der Waals surface area contributed by atoms with E-state index in [0.717, 1.165) is 40.9 Å². The molecule has 0 aliphatic carbocycles. The minimum Gasteiger partial charge on any atom is -0.331 e. The van der Waals surface area contributed by atoms with Crippen molar-refractivity contribution in [3.8, 4) is 11.3 Å². The average molecular weight is 396 g/mol. The van der Waals surface area contributed by atoms with Crippen LogP contribution in [0, 0.1) is 0 Å². The minimum atomic E-state index is -0.0726. The molecule has 1 atom stereocenters. The molecule has 4 rings (SSSR count). The van der Waals surface area contributed by atoms with Crippen LogP contribution >= 0.6 is 11.6 Å². The van der Waals surface area contributed by atoms with E-state index in [2.05, 4.69) is 27.4 Å². The van der Waals surface area contributed by atoms with Gasteiger partial charge in [0.15, 0.2) is 0 Å². The number of aromatic nitrogens is 3. The van der Waals surface area contributed by atoms with E-state index in [1.165, 1.54) is 0 Å². The van der Waals surface area contributed by atoms with Crippen LogP contribution in [-0.4, -0.2) is 32.7 Å². The van der Waals surface area contributed by atoms with E-state index < -0.39 is 0 Å². The fraction of sp³-hybridized carbons (Fsp3) is 0.286. The predicted octanol–water partition coefficient (Wildman–Crippen LogP) is 4.34. The first-order valence-corrected chi connectivity index (χ1v) is 9.81. The van der Waals surface area contributed by atoms with Gasteiger partial charge in [-0.05, 0) is 36.2 Å². The molecule has 2 aromatic heterocycles. The lowest BCUT2D eigenvalue weighted by Gasteiger charge is -2.29. The fourth-order valence-corrected chi connectivity index (χ4v) is 3.80. The average Bonchev–Trinajstić information content (AvgIpc) is 3.15. The van der Waals surface area contributed by atoms with Crippen LogP contribution in [0.4, 0.5) is 4.79 Å². The van der Waals surface area contributed by atoms with Crippen molar-refractivity contribution in [2.45, 2.75) is 32.4 Å². The first-order chi connectivity index (χ1) is 13.7. The first-order valence-electron chi connectivity index (χ1n) is 9.43. The maximum atomic E-state index is 12.9. The van der Waals surface area contributed by atoms with E-state index in [1.54, 1.807) is 12.4 Å². The van der Waals surface area contributed by atoms with Crippen molar-refractivity contribution in [3.05, 3.63) is 70.6 Å². The highest BCUT2D eigenvalue weighted by atomic mass is 35.5. The number of amides is 2. The molecule has 0 spiro atoms. The van der Waals surface area contributed by atoms with E-state index in [4.69, 9.17) is 11.6 Å². The minimum absolute atomic E-state index is 0.0700. The number of pyridine rings is 1. The summed E-state index contributed by atoms with van der Waals surface area (Å²) in [5.74, 6) is 0. The second-order valence-electron chi connectivity index (χ2n) is 6.90. The standard InChI is InChI=1S/C21H22ClN5O/c1-2-18(15-4-3-5-16(22)12-15)24-21(28)27-11-8-19-17(13-27)20(26-25-19)14-6-9-23-10-7-14/h3-7,9-10,12,18H,2,8,11,13H2,1H3,(H,24,28)(H,25,26). The van der Waals surface area contributed by atoms with Gasteiger partial charge in [0, 0.05) is 47.2 Å². The maximum Gasteiger partial charge on any atom is 0.318 e. The van der Waals surface area contributed by atoms with Crippen LogP contribution in [0.3, 0.4) is 0 Å². The van der Waals surface area contributed by atoms with Crippen molar-refractivity contribution in [1.82, 2.24) is 25.4 Å². The molecule has 0 fully saturated rings. The number of benzene rings is 1. The van der Waals surface area contributed by atoms with Crippen LogP contribution in [-0.2, 0) is 13.0 Å². The van der Waals surface area contributed by atoms with Crippen LogP contribution in [0.5, 0.6) is 0 Å². The fourth-order valence-electron chi connectivity index (χ4n) is 3.60. The third kappa shape index (κ3) is 3.73. The molecular formula is C21H22ClN5O. The molecule has 3 heterocycles. The van der Waals surface area contributed by atoms with Gasteiger partial charge in [-0.1, -0.05) is 30.7 Å². The smallest absolute Gasteiger partial charge is 0.318 e. The molecule has 28 heavy (non-hydrogen) atoms. The number of aromatic amines is 1. The highest BCUT2D eigenvalue weighted by Crippen LogP contribution is 2.28. The SMILES string of the molecule is CCC(NC(=O)N1CCc2[nH]nc(-c3ccncc3)c2C1)c1cccc(Cl)c1. The molecule has 144 valence electrons. The van der Waals surface area contributed by atoms with Crippen molar-refractivity contribution in [3.63, 3.8) is 0 Å². The third-order valence-corrected chi connectivity index (χ3v) is 5.37. The van der Waals surface area contributed by atoms with Gasteiger partial charge >= 0.3 is 6.03 Å². The summed E-state index contributed by atoms with van der Waals surface area (Å²) in [6, 6.07) is 11.4. The molecule has 1 unspecified atom stereocenters. The van der Waals surface area contributed by atoms with Crippen molar-refractivity contribution in [2.75, 3.05) is 6.54 Å². The number of H-pyrrole nitrogens is 1. The predicted molar refractivity (Wildman–Crippen MR) is 109 cm³/mol. The number of hydrogen-bond acceptors (Lipinski definition) is 3. The Bertz CT molecular complexity index is 972. The lowest BCUT2D eigenvalue weighted by Crippen LogP contribution is -2.44. The number of urea groups is 1. The van der Waals surface area contributed by atoms with Crippen molar-refractivity contribution in [2.24, 2.45) is 0 Å². The number of nitrogens with one attached hydrogen (secondary N) is 2. The Morgan fingerprint density at radius 2 is 2.14 bits per heavy atom. The summed E-state index contributed by atoms with van der Waals surface area (Å²) in [6.45, 7) is 3.24. The second kappa shape index (κ2) is 8.02. The Morgan fingerprint density at radius 1 is 1.32 bits per heavy atom. The van der Waals surface area contributed by atoms with Crippen LogP contribution in [0.2, 0.25) is 5.02 Å². The quantitative estimate of drug-likeness (QED) is 0.689. The molecule has 6 nitrogen and oxygen atoms in total. The largest absolute Gasteiger partial charge is 0.331 e. The van der Waals surface area contributed by atoms with Gasteiger partial charge in [-0.15, -0.1) is 0 Å². The number of fused-ring (bicyclic) bond motifs is 1. The Hall–Kier alpha value is -2.86. The molecule has 2 amide bonds. The normalized spacial score (nSPS) is 14.4. The van der Waals surface area contributed by atoms with Gasteiger partial charge < -0.3 is 10.2 Å². The van der Waals surface area contributed by atoms with Crippen LogP contribution in [0.1, 0.15) is 36.2 Å². The molecule has 1 aromatic carbocycles. The van der Waals surface area contributed by atoms with Gasteiger partial charge in [0.1, 0.15) is 0 Å². The molecule has 0 radical (unpaired) electrons. The Kier molecular flexibility index (Phi) is 5.30. The van der Waals surface area contributed by atoms with Crippen LogP contribution in [0.15, 0.2) is 48.8 Å². The molecular weight excluding hydrogens is 374 g/mol. The van der Waals surface area contributed by atoms with E-state index in [1.807, 2.05) is 41.3 Å². The molecule has 0 bridgehead atoms. The molecule has 2 N–H and O–H groups in total. The summed E-state index contributed by atoms with van der Waals surface area (Å²) in [5.41, 5.74) is 5.07. The molecule has 0 saturated heterocycles. The van der Waals surface area contributed by atoms with Gasteiger partial charge in [-0.25, -0.2) is 4.79 Å². The topological polar surface area (TPSA) is 73.9 Å². The number of halogens is 1. The molecule has 0 saturated carbocycles. The van der Waals surface area contributed by atoms with Crippen molar-refractivity contribution in [1.29, 1.82) is 0 Å². The summed E-state index contributed by atoms with van der Waals surface area (Å²) in [4.78, 5) is 18.9. The Labute approximate surface area is 168 Å². The van der Waals surface area contributed by atoms with Gasteiger partial charge in [0.25, 0.3) is 0 Å². The number of carbonyl (C=O) groups is 1. The van der Waals surface area contributed by atoms with Gasteiger partial charge in [0.05, 0.1) is 18.3 Å². The molecule has 1 aliphatic rings. The number of nitrogens with zero attached hydrogens (tertiary/aromatic N) is 3. The lowest BCUT2D eigenvalue weighted by atomic mass is 10.0. The van der Waals surface area contributed by atoms with Gasteiger partial charge in [0.2, 0.25) is 0 Å². The summed E-state index contributed by atoms with van der Waals surface area (Å²) < 4.78 is 0. The van der Waals surface area contributed by atoms with E-state index in [9.17, 15) is 4.79 Å². The van der Waals surface area contributed by atoms with Crippen molar-refractivity contribution < 1.29 is 4.79 Å². The van der Waals surface area contributed by atoms with E-state index >= 15 is 0 Å². The van der Waals surface area contributed by atoms with E-state index in [0.29, 0.717) is 18.1 Å². The number of rotatable bonds is 4. The van der Waals surface area contributed by atoms with Crippen molar-refractivity contribution >= 4 is 17.6 Å². The molecule has 3 aromatic rings.